The molecule has 0 aliphatic rings. The van der Waals surface area contributed by atoms with Gasteiger partial charge in [-0.1, -0.05) is 49.2 Å². The van der Waals surface area contributed by atoms with Gasteiger partial charge in [0.15, 0.2) is 0 Å². The summed E-state index contributed by atoms with van der Waals surface area (Å²) >= 11 is 0. The molecule has 1 atom stereocenters. The highest BCUT2D eigenvalue weighted by Gasteiger charge is 2.26. The van der Waals surface area contributed by atoms with Crippen molar-refractivity contribution in [1.29, 1.82) is 0 Å². The van der Waals surface area contributed by atoms with E-state index >= 15 is 0 Å². The van der Waals surface area contributed by atoms with Gasteiger partial charge in [-0.15, -0.1) is 0 Å². The van der Waals surface area contributed by atoms with Crippen molar-refractivity contribution in [3.05, 3.63) is 59.7 Å². The molecule has 0 unspecified atom stereocenters. The smallest absolute Gasteiger partial charge is 0.242 e. The number of carbonyl (C=O) groups is 2. The number of anilines is 1. The second-order valence-corrected chi connectivity index (χ2v) is 10.9. The standard InChI is InChI=1S/C27H39N3O5S/c1-6-7-17-28-27(32)22(3)29(20-23-15-13-21(2)14-16-23)26(31)12-9-18-30(36(5,33)34)24-10-8-11-25(19-24)35-4/h8,10-11,13-16,19,22H,6-7,9,12,17-18,20H2,1-5H3,(H,28,32)/t22-/m1/s1. The van der Waals surface area contributed by atoms with Crippen molar-refractivity contribution in [1.82, 2.24) is 10.2 Å². The summed E-state index contributed by atoms with van der Waals surface area (Å²) in [4.78, 5) is 27.7. The Labute approximate surface area is 215 Å². The fourth-order valence-electron chi connectivity index (χ4n) is 3.78. The molecule has 2 rings (SSSR count). The Morgan fingerprint density at radius 3 is 2.39 bits per heavy atom. The SMILES string of the molecule is CCCCNC(=O)[C@@H](C)N(Cc1ccc(C)cc1)C(=O)CCCN(c1cccc(OC)c1)S(C)(=O)=O. The van der Waals surface area contributed by atoms with E-state index in [9.17, 15) is 18.0 Å². The van der Waals surface area contributed by atoms with Crippen molar-refractivity contribution in [3.63, 3.8) is 0 Å². The molecule has 1 N–H and O–H groups in total. The minimum absolute atomic E-state index is 0.106. The first kappa shape index (κ1) is 29.2. The van der Waals surface area contributed by atoms with E-state index < -0.39 is 16.1 Å². The van der Waals surface area contributed by atoms with Crippen LogP contribution in [0.3, 0.4) is 0 Å². The molecule has 198 valence electrons. The van der Waals surface area contributed by atoms with Crippen molar-refractivity contribution in [2.75, 3.05) is 30.8 Å². The average molecular weight is 518 g/mol. The number of amides is 2. The zero-order valence-electron chi connectivity index (χ0n) is 22.0. The largest absolute Gasteiger partial charge is 0.497 e. The number of sulfonamides is 1. The summed E-state index contributed by atoms with van der Waals surface area (Å²) in [6.45, 7) is 6.77. The third kappa shape index (κ3) is 8.86. The maximum Gasteiger partial charge on any atom is 0.242 e. The fraction of sp³-hybridized carbons (Fsp3) is 0.481. The Morgan fingerprint density at radius 1 is 1.08 bits per heavy atom. The third-order valence-electron chi connectivity index (χ3n) is 5.96. The first-order valence-electron chi connectivity index (χ1n) is 12.3. The lowest BCUT2D eigenvalue weighted by atomic mass is 10.1. The monoisotopic (exact) mass is 517 g/mol. The van der Waals surface area contributed by atoms with Gasteiger partial charge in [-0.25, -0.2) is 8.42 Å². The molecule has 2 amide bonds. The number of hydrogen-bond acceptors (Lipinski definition) is 5. The minimum Gasteiger partial charge on any atom is -0.497 e. The molecule has 0 saturated carbocycles. The summed E-state index contributed by atoms with van der Waals surface area (Å²) in [7, 11) is -2.05. The van der Waals surface area contributed by atoms with E-state index in [0.29, 0.717) is 30.9 Å². The summed E-state index contributed by atoms with van der Waals surface area (Å²) < 4.78 is 31.4. The van der Waals surface area contributed by atoms with Gasteiger partial charge < -0.3 is 15.0 Å². The topological polar surface area (TPSA) is 96.0 Å². The second kappa shape index (κ2) is 13.9. The van der Waals surface area contributed by atoms with Crippen molar-refractivity contribution in [2.45, 2.75) is 59.0 Å². The molecule has 2 aromatic carbocycles. The van der Waals surface area contributed by atoms with E-state index in [4.69, 9.17) is 4.74 Å². The van der Waals surface area contributed by atoms with Crippen molar-refractivity contribution < 1.29 is 22.7 Å². The lowest BCUT2D eigenvalue weighted by molar-refractivity contribution is -0.140. The minimum atomic E-state index is -3.57. The van der Waals surface area contributed by atoms with E-state index in [2.05, 4.69) is 5.32 Å². The maximum atomic E-state index is 13.3. The first-order chi connectivity index (χ1) is 17.1. The fourth-order valence-corrected chi connectivity index (χ4v) is 4.74. The third-order valence-corrected chi connectivity index (χ3v) is 7.16. The molecule has 0 radical (unpaired) electrons. The van der Waals surface area contributed by atoms with Gasteiger partial charge in [-0.2, -0.15) is 0 Å². The molecule has 8 nitrogen and oxygen atoms in total. The number of nitrogens with one attached hydrogen (secondary N) is 1. The van der Waals surface area contributed by atoms with Crippen LogP contribution >= 0.6 is 0 Å². The zero-order valence-corrected chi connectivity index (χ0v) is 22.8. The van der Waals surface area contributed by atoms with Gasteiger partial charge in [-0.3, -0.25) is 13.9 Å². The molecule has 9 heteroatoms. The summed E-state index contributed by atoms with van der Waals surface area (Å²) in [6, 6.07) is 14.0. The molecule has 0 saturated heterocycles. The van der Waals surface area contributed by atoms with Crippen LogP contribution in [0.25, 0.3) is 0 Å². The highest BCUT2D eigenvalue weighted by atomic mass is 32.2. The van der Waals surface area contributed by atoms with Gasteiger partial charge in [0.25, 0.3) is 0 Å². The molecule has 36 heavy (non-hydrogen) atoms. The van der Waals surface area contributed by atoms with Gasteiger partial charge in [-0.05, 0) is 44.4 Å². The molecule has 0 aliphatic carbocycles. The predicted octanol–water partition coefficient (Wildman–Crippen LogP) is 3.88. The average Bonchev–Trinajstić information content (AvgIpc) is 2.85. The van der Waals surface area contributed by atoms with E-state index in [1.54, 1.807) is 36.1 Å². The Balaban J connectivity index is 2.15. The van der Waals surface area contributed by atoms with E-state index in [-0.39, 0.29) is 24.8 Å². The number of methoxy groups -OCH3 is 1. The molecular weight excluding hydrogens is 478 g/mol. The maximum absolute atomic E-state index is 13.3. The molecule has 0 heterocycles. The quantitative estimate of drug-likeness (QED) is 0.384. The van der Waals surface area contributed by atoms with Crippen LogP contribution in [-0.4, -0.2) is 57.6 Å². The van der Waals surface area contributed by atoms with Crippen LogP contribution in [0.4, 0.5) is 5.69 Å². The molecule has 0 aliphatic heterocycles. The van der Waals surface area contributed by atoms with Crippen molar-refractivity contribution >= 4 is 27.5 Å². The second-order valence-electron chi connectivity index (χ2n) is 8.97. The Kier molecular flexibility index (Phi) is 11.2. The number of hydrogen-bond donors (Lipinski definition) is 1. The Morgan fingerprint density at radius 2 is 1.78 bits per heavy atom. The molecule has 0 bridgehead atoms. The van der Waals surface area contributed by atoms with Crippen LogP contribution in [0.1, 0.15) is 50.7 Å². The molecule has 0 spiro atoms. The number of rotatable bonds is 14. The van der Waals surface area contributed by atoms with Crippen LogP contribution in [0.2, 0.25) is 0 Å². The molecule has 2 aromatic rings. The van der Waals surface area contributed by atoms with Gasteiger partial charge in [0, 0.05) is 32.1 Å². The Bertz CT molecular complexity index is 1100. The molecule has 0 fully saturated rings. The van der Waals surface area contributed by atoms with Crippen molar-refractivity contribution in [2.24, 2.45) is 0 Å². The number of benzene rings is 2. The van der Waals surface area contributed by atoms with Crippen LogP contribution < -0.4 is 14.4 Å². The number of ether oxygens (including phenoxy) is 1. The van der Waals surface area contributed by atoms with Gasteiger partial charge >= 0.3 is 0 Å². The van der Waals surface area contributed by atoms with Crippen LogP contribution in [0, 0.1) is 6.92 Å². The summed E-state index contributed by atoms with van der Waals surface area (Å²) in [5.41, 5.74) is 2.51. The predicted molar refractivity (Wildman–Crippen MR) is 144 cm³/mol. The Hall–Kier alpha value is -3.07. The van der Waals surface area contributed by atoms with E-state index in [0.717, 1.165) is 30.2 Å². The zero-order chi connectivity index (χ0) is 26.7. The number of nitrogens with zero attached hydrogens (tertiary/aromatic N) is 2. The first-order valence-corrected chi connectivity index (χ1v) is 14.2. The number of carbonyl (C=O) groups excluding carboxylic acids is 2. The van der Waals surface area contributed by atoms with Crippen molar-refractivity contribution in [3.8, 4) is 5.75 Å². The summed E-state index contributed by atoms with van der Waals surface area (Å²) in [6.07, 6.45) is 3.38. The van der Waals surface area contributed by atoms with Gasteiger partial charge in [0.2, 0.25) is 21.8 Å². The summed E-state index contributed by atoms with van der Waals surface area (Å²) in [5, 5.41) is 2.91. The van der Waals surface area contributed by atoms with Crippen LogP contribution in [0.15, 0.2) is 48.5 Å². The van der Waals surface area contributed by atoms with Crippen LogP contribution in [-0.2, 0) is 26.2 Å². The van der Waals surface area contributed by atoms with Gasteiger partial charge in [0.1, 0.15) is 11.8 Å². The number of aryl methyl sites for hydroxylation is 1. The molecule has 0 aromatic heterocycles. The number of unbranched alkanes of at least 4 members (excludes halogenated alkanes) is 1. The lowest BCUT2D eigenvalue weighted by Crippen LogP contribution is -2.48. The lowest BCUT2D eigenvalue weighted by Gasteiger charge is -2.29. The van der Waals surface area contributed by atoms with E-state index in [1.165, 1.54) is 11.4 Å². The highest BCUT2D eigenvalue weighted by Crippen LogP contribution is 2.24. The highest BCUT2D eigenvalue weighted by molar-refractivity contribution is 7.92. The van der Waals surface area contributed by atoms with E-state index in [1.807, 2.05) is 38.1 Å². The normalized spacial score (nSPS) is 12.0. The van der Waals surface area contributed by atoms with Crippen LogP contribution in [0.5, 0.6) is 5.75 Å². The summed E-state index contributed by atoms with van der Waals surface area (Å²) in [5.74, 6) is 0.148. The van der Waals surface area contributed by atoms with Gasteiger partial charge in [0.05, 0.1) is 19.1 Å². The molecular formula is C27H39N3O5S.